The molecule has 0 atom stereocenters. The molecule has 0 fully saturated rings. The molecule has 84 valence electrons. The summed E-state index contributed by atoms with van der Waals surface area (Å²) in [5.41, 5.74) is 7.95. The standard InChI is InChI=1S/C14H12N2S/c1-9-13(15)17-14(16-9)12-8-4-6-10-5-2-3-7-11(10)12/h2-8H,15H2,1H3. The summed E-state index contributed by atoms with van der Waals surface area (Å²) in [5, 5.41) is 4.25. The maximum atomic E-state index is 5.88. The van der Waals surface area contributed by atoms with E-state index in [1.54, 1.807) is 11.3 Å². The molecule has 3 rings (SSSR count). The van der Waals surface area contributed by atoms with Crippen LogP contribution in [-0.2, 0) is 0 Å². The maximum Gasteiger partial charge on any atom is 0.126 e. The molecule has 2 N–H and O–H groups in total. The van der Waals surface area contributed by atoms with Gasteiger partial charge in [0.2, 0.25) is 0 Å². The SMILES string of the molecule is Cc1nc(-c2cccc3ccccc23)sc1N. The van der Waals surface area contributed by atoms with Crippen molar-refractivity contribution in [1.29, 1.82) is 0 Å². The summed E-state index contributed by atoms with van der Waals surface area (Å²) in [7, 11) is 0. The lowest BCUT2D eigenvalue weighted by Crippen LogP contribution is -1.82. The van der Waals surface area contributed by atoms with Crippen molar-refractivity contribution in [3.63, 3.8) is 0 Å². The Kier molecular flexibility index (Phi) is 2.34. The first-order valence-electron chi connectivity index (χ1n) is 5.47. The Morgan fingerprint density at radius 1 is 1.06 bits per heavy atom. The second-order valence-electron chi connectivity index (χ2n) is 4.00. The van der Waals surface area contributed by atoms with Crippen molar-refractivity contribution in [2.75, 3.05) is 5.73 Å². The summed E-state index contributed by atoms with van der Waals surface area (Å²) in [5.74, 6) is 0. The highest BCUT2D eigenvalue weighted by atomic mass is 32.1. The van der Waals surface area contributed by atoms with Crippen LogP contribution in [0.25, 0.3) is 21.3 Å². The maximum absolute atomic E-state index is 5.88. The molecule has 0 spiro atoms. The zero-order valence-electron chi connectivity index (χ0n) is 9.47. The molecule has 0 saturated carbocycles. The Morgan fingerprint density at radius 2 is 1.82 bits per heavy atom. The van der Waals surface area contributed by atoms with Crippen LogP contribution in [0.3, 0.4) is 0 Å². The van der Waals surface area contributed by atoms with Crippen molar-refractivity contribution in [2.24, 2.45) is 0 Å². The molecule has 0 radical (unpaired) electrons. The Hall–Kier alpha value is -1.87. The number of aryl methyl sites for hydroxylation is 1. The van der Waals surface area contributed by atoms with Gasteiger partial charge in [0.05, 0.1) is 5.69 Å². The zero-order chi connectivity index (χ0) is 11.8. The fourth-order valence-corrected chi connectivity index (χ4v) is 2.81. The predicted octanol–water partition coefficient (Wildman–Crippen LogP) is 3.85. The zero-order valence-corrected chi connectivity index (χ0v) is 10.3. The van der Waals surface area contributed by atoms with Gasteiger partial charge in [-0.2, -0.15) is 0 Å². The van der Waals surface area contributed by atoms with Gasteiger partial charge in [-0.25, -0.2) is 4.98 Å². The number of nitrogen functional groups attached to an aromatic ring is 1. The molecule has 2 nitrogen and oxygen atoms in total. The lowest BCUT2D eigenvalue weighted by molar-refractivity contribution is 1.27. The van der Waals surface area contributed by atoms with Gasteiger partial charge in [-0.3, -0.25) is 0 Å². The van der Waals surface area contributed by atoms with Crippen LogP contribution in [0.2, 0.25) is 0 Å². The fraction of sp³-hybridized carbons (Fsp3) is 0.0714. The van der Waals surface area contributed by atoms with E-state index in [1.165, 1.54) is 10.8 Å². The minimum atomic E-state index is 0.799. The van der Waals surface area contributed by atoms with Crippen molar-refractivity contribution >= 4 is 27.1 Å². The van der Waals surface area contributed by atoms with E-state index < -0.39 is 0 Å². The van der Waals surface area contributed by atoms with E-state index in [-0.39, 0.29) is 0 Å². The van der Waals surface area contributed by atoms with Crippen molar-refractivity contribution in [3.8, 4) is 10.6 Å². The summed E-state index contributed by atoms with van der Waals surface area (Å²) >= 11 is 1.55. The van der Waals surface area contributed by atoms with Crippen molar-refractivity contribution in [1.82, 2.24) is 4.98 Å². The van der Waals surface area contributed by atoms with Crippen LogP contribution in [0.4, 0.5) is 5.00 Å². The van der Waals surface area contributed by atoms with E-state index in [0.717, 1.165) is 21.3 Å². The fourth-order valence-electron chi connectivity index (χ4n) is 1.94. The highest BCUT2D eigenvalue weighted by Crippen LogP contribution is 2.33. The first-order chi connectivity index (χ1) is 8.25. The molecule has 0 aliphatic heterocycles. The summed E-state index contributed by atoms with van der Waals surface area (Å²) in [4.78, 5) is 4.52. The average Bonchev–Trinajstić information content (AvgIpc) is 2.69. The minimum Gasteiger partial charge on any atom is -0.389 e. The number of rotatable bonds is 1. The van der Waals surface area contributed by atoms with Gasteiger partial charge in [0, 0.05) is 5.56 Å². The highest BCUT2D eigenvalue weighted by molar-refractivity contribution is 7.19. The molecular formula is C14H12N2S. The molecule has 2 aromatic carbocycles. The number of benzene rings is 2. The third-order valence-electron chi connectivity index (χ3n) is 2.85. The number of thiazole rings is 1. The molecule has 1 aromatic heterocycles. The molecule has 0 aliphatic carbocycles. The van der Waals surface area contributed by atoms with Gasteiger partial charge in [0.25, 0.3) is 0 Å². The van der Waals surface area contributed by atoms with Crippen LogP contribution in [0.1, 0.15) is 5.69 Å². The molecule has 0 saturated heterocycles. The Bertz CT molecular complexity index is 661. The largest absolute Gasteiger partial charge is 0.389 e. The molecule has 3 aromatic rings. The summed E-state index contributed by atoms with van der Waals surface area (Å²) in [6.45, 7) is 1.94. The smallest absolute Gasteiger partial charge is 0.126 e. The third-order valence-corrected chi connectivity index (χ3v) is 3.87. The number of nitrogens with two attached hydrogens (primary N) is 1. The van der Waals surface area contributed by atoms with E-state index >= 15 is 0 Å². The molecular weight excluding hydrogens is 228 g/mol. The number of anilines is 1. The molecule has 3 heteroatoms. The normalized spacial score (nSPS) is 10.9. The molecule has 1 heterocycles. The van der Waals surface area contributed by atoms with Gasteiger partial charge in [0.1, 0.15) is 10.0 Å². The predicted molar refractivity (Wildman–Crippen MR) is 74.2 cm³/mol. The first kappa shape index (κ1) is 10.3. The second kappa shape index (κ2) is 3.86. The molecule has 0 amide bonds. The van der Waals surface area contributed by atoms with Gasteiger partial charge in [-0.05, 0) is 17.7 Å². The van der Waals surface area contributed by atoms with Gasteiger partial charge in [-0.15, -0.1) is 0 Å². The van der Waals surface area contributed by atoms with Crippen molar-refractivity contribution in [3.05, 3.63) is 48.2 Å². The quantitative estimate of drug-likeness (QED) is 0.701. The number of nitrogens with zero attached hydrogens (tertiary/aromatic N) is 1. The molecule has 0 aliphatic rings. The van der Waals surface area contributed by atoms with Gasteiger partial charge < -0.3 is 5.73 Å². The first-order valence-corrected chi connectivity index (χ1v) is 6.28. The Morgan fingerprint density at radius 3 is 2.59 bits per heavy atom. The van der Waals surface area contributed by atoms with Gasteiger partial charge in [-0.1, -0.05) is 53.8 Å². The average molecular weight is 240 g/mol. The van der Waals surface area contributed by atoms with Crippen LogP contribution >= 0.6 is 11.3 Å². The van der Waals surface area contributed by atoms with E-state index in [0.29, 0.717) is 0 Å². The van der Waals surface area contributed by atoms with E-state index in [1.807, 2.05) is 13.0 Å². The van der Waals surface area contributed by atoms with Crippen molar-refractivity contribution in [2.45, 2.75) is 6.92 Å². The van der Waals surface area contributed by atoms with E-state index in [9.17, 15) is 0 Å². The summed E-state index contributed by atoms with van der Waals surface area (Å²) in [6, 6.07) is 14.6. The van der Waals surface area contributed by atoms with E-state index in [2.05, 4.69) is 41.4 Å². The number of aromatic nitrogens is 1. The minimum absolute atomic E-state index is 0.799. The van der Waals surface area contributed by atoms with Crippen LogP contribution in [0.15, 0.2) is 42.5 Å². The Labute approximate surface area is 104 Å². The molecule has 17 heavy (non-hydrogen) atoms. The Balaban J connectivity index is 2.30. The number of hydrogen-bond acceptors (Lipinski definition) is 3. The number of hydrogen-bond donors (Lipinski definition) is 1. The monoisotopic (exact) mass is 240 g/mol. The van der Waals surface area contributed by atoms with Gasteiger partial charge in [0.15, 0.2) is 0 Å². The third kappa shape index (κ3) is 1.68. The van der Waals surface area contributed by atoms with Crippen molar-refractivity contribution < 1.29 is 0 Å². The second-order valence-corrected chi connectivity index (χ2v) is 5.03. The van der Waals surface area contributed by atoms with Crippen LogP contribution < -0.4 is 5.73 Å². The molecule has 0 bridgehead atoms. The summed E-state index contributed by atoms with van der Waals surface area (Å²) < 4.78 is 0. The number of fused-ring (bicyclic) bond motifs is 1. The summed E-state index contributed by atoms with van der Waals surface area (Å²) in [6.07, 6.45) is 0. The molecule has 0 unspecified atom stereocenters. The topological polar surface area (TPSA) is 38.9 Å². The van der Waals surface area contributed by atoms with Crippen LogP contribution in [-0.4, -0.2) is 4.98 Å². The van der Waals surface area contributed by atoms with E-state index in [4.69, 9.17) is 5.73 Å². The lowest BCUT2D eigenvalue weighted by atomic mass is 10.1. The van der Waals surface area contributed by atoms with Gasteiger partial charge >= 0.3 is 0 Å². The van der Waals surface area contributed by atoms with Crippen LogP contribution in [0.5, 0.6) is 0 Å². The lowest BCUT2D eigenvalue weighted by Gasteiger charge is -2.02. The van der Waals surface area contributed by atoms with Crippen LogP contribution in [0, 0.1) is 6.92 Å². The highest BCUT2D eigenvalue weighted by Gasteiger charge is 2.09.